The first kappa shape index (κ1) is 12.7. The van der Waals surface area contributed by atoms with Crippen molar-refractivity contribution >= 4 is 28.6 Å². The number of nitrogens with one attached hydrogen (secondary N) is 1. The lowest BCUT2D eigenvalue weighted by atomic mass is 10.1. The molecule has 102 valence electrons. The number of anilines is 2. The van der Waals surface area contributed by atoms with E-state index in [4.69, 9.17) is 27.4 Å². The first-order chi connectivity index (χ1) is 9.63. The number of aryl methyl sites for hydroxylation is 1. The quantitative estimate of drug-likeness (QED) is 0.849. The van der Waals surface area contributed by atoms with E-state index in [1.54, 1.807) is 0 Å². The van der Waals surface area contributed by atoms with Gasteiger partial charge in [0.2, 0.25) is 6.79 Å². The number of thiocarbonyl (C=S) groups is 1. The molecule has 0 amide bonds. The number of rotatable bonds is 3. The summed E-state index contributed by atoms with van der Waals surface area (Å²) in [6.45, 7) is 2.27. The topological polar surface area (TPSA) is 56.5 Å². The van der Waals surface area contributed by atoms with E-state index in [1.807, 2.05) is 43.3 Å². The lowest BCUT2D eigenvalue weighted by Gasteiger charge is -2.12. The van der Waals surface area contributed by atoms with E-state index < -0.39 is 0 Å². The zero-order chi connectivity index (χ0) is 14.1. The zero-order valence-electron chi connectivity index (χ0n) is 11.0. The molecule has 20 heavy (non-hydrogen) atoms. The average molecular weight is 286 g/mol. The number of benzene rings is 2. The minimum Gasteiger partial charge on any atom is -0.454 e. The summed E-state index contributed by atoms with van der Waals surface area (Å²) < 4.78 is 10.7. The van der Waals surface area contributed by atoms with Gasteiger partial charge < -0.3 is 20.5 Å². The Bertz CT molecular complexity index is 686. The van der Waals surface area contributed by atoms with Crippen LogP contribution >= 0.6 is 12.2 Å². The largest absolute Gasteiger partial charge is 0.454 e. The van der Waals surface area contributed by atoms with Gasteiger partial charge in [-0.25, -0.2) is 0 Å². The second-order valence-corrected chi connectivity index (χ2v) is 5.05. The third-order valence-corrected chi connectivity index (χ3v) is 3.31. The normalized spacial score (nSPS) is 12.2. The van der Waals surface area contributed by atoms with Gasteiger partial charge in [0.15, 0.2) is 11.5 Å². The molecular formula is C15H14N2O2S. The summed E-state index contributed by atoms with van der Waals surface area (Å²) in [6.07, 6.45) is 0. The minimum absolute atomic E-state index is 0.265. The van der Waals surface area contributed by atoms with Crippen molar-refractivity contribution in [1.29, 1.82) is 0 Å². The van der Waals surface area contributed by atoms with Crippen LogP contribution in [0.4, 0.5) is 11.4 Å². The number of ether oxygens (including phenoxy) is 2. The van der Waals surface area contributed by atoms with Crippen LogP contribution in [0.3, 0.4) is 0 Å². The van der Waals surface area contributed by atoms with Crippen LogP contribution in [0, 0.1) is 6.92 Å². The van der Waals surface area contributed by atoms with Crippen LogP contribution in [0.1, 0.15) is 11.1 Å². The van der Waals surface area contributed by atoms with Crippen molar-refractivity contribution in [2.75, 3.05) is 12.1 Å². The fraction of sp³-hybridized carbons (Fsp3) is 0.133. The molecule has 3 N–H and O–H groups in total. The lowest BCUT2D eigenvalue weighted by molar-refractivity contribution is 0.174. The predicted octanol–water partition coefficient (Wildman–Crippen LogP) is 3.10. The van der Waals surface area contributed by atoms with Crippen molar-refractivity contribution in [3.63, 3.8) is 0 Å². The minimum atomic E-state index is 0.265. The highest BCUT2D eigenvalue weighted by atomic mass is 32.1. The van der Waals surface area contributed by atoms with Crippen molar-refractivity contribution in [2.24, 2.45) is 5.73 Å². The Hall–Kier alpha value is -2.27. The molecule has 0 saturated heterocycles. The molecule has 1 aliphatic heterocycles. The highest BCUT2D eigenvalue weighted by Crippen LogP contribution is 2.35. The first-order valence-electron chi connectivity index (χ1n) is 6.20. The Morgan fingerprint density at radius 3 is 2.75 bits per heavy atom. The predicted molar refractivity (Wildman–Crippen MR) is 82.9 cm³/mol. The van der Waals surface area contributed by atoms with E-state index in [2.05, 4.69) is 5.32 Å². The van der Waals surface area contributed by atoms with Crippen LogP contribution in [0.2, 0.25) is 0 Å². The van der Waals surface area contributed by atoms with E-state index in [1.165, 1.54) is 0 Å². The number of nitrogens with two attached hydrogens (primary N) is 1. The molecule has 3 rings (SSSR count). The standard InChI is InChI=1S/C15H14N2O2S/c1-9-2-4-12(11(6-9)15(16)20)17-10-3-5-13-14(7-10)19-8-18-13/h2-7,17H,8H2,1H3,(H2,16,20). The molecule has 0 saturated carbocycles. The summed E-state index contributed by atoms with van der Waals surface area (Å²) in [5, 5.41) is 3.31. The Kier molecular flexibility index (Phi) is 3.20. The van der Waals surface area contributed by atoms with Gasteiger partial charge in [-0.15, -0.1) is 0 Å². The molecule has 1 heterocycles. The Labute approximate surface area is 122 Å². The van der Waals surface area contributed by atoms with Crippen LogP contribution < -0.4 is 20.5 Å². The molecule has 2 aromatic rings. The highest BCUT2D eigenvalue weighted by molar-refractivity contribution is 7.80. The van der Waals surface area contributed by atoms with E-state index in [9.17, 15) is 0 Å². The van der Waals surface area contributed by atoms with E-state index in [0.717, 1.165) is 34.0 Å². The summed E-state index contributed by atoms with van der Waals surface area (Å²) in [5.74, 6) is 1.49. The molecular weight excluding hydrogens is 272 g/mol. The van der Waals surface area contributed by atoms with Crippen LogP contribution in [0.15, 0.2) is 36.4 Å². The van der Waals surface area contributed by atoms with Gasteiger partial charge in [0.1, 0.15) is 4.99 Å². The molecule has 0 unspecified atom stereocenters. The third kappa shape index (κ3) is 2.40. The maximum absolute atomic E-state index is 5.77. The van der Waals surface area contributed by atoms with Gasteiger partial charge in [0.25, 0.3) is 0 Å². The molecule has 0 bridgehead atoms. The maximum Gasteiger partial charge on any atom is 0.231 e. The molecule has 0 spiro atoms. The van der Waals surface area contributed by atoms with Gasteiger partial charge in [-0.3, -0.25) is 0 Å². The van der Waals surface area contributed by atoms with Crippen LogP contribution in [0.25, 0.3) is 0 Å². The van der Waals surface area contributed by atoms with Crippen LogP contribution in [0.5, 0.6) is 11.5 Å². The summed E-state index contributed by atoms with van der Waals surface area (Å²) in [7, 11) is 0. The number of fused-ring (bicyclic) bond motifs is 1. The summed E-state index contributed by atoms with van der Waals surface area (Å²) in [6, 6.07) is 11.6. The van der Waals surface area contributed by atoms with Crippen molar-refractivity contribution in [3.05, 3.63) is 47.5 Å². The van der Waals surface area contributed by atoms with Gasteiger partial charge in [0, 0.05) is 23.0 Å². The van der Waals surface area contributed by atoms with Crippen molar-refractivity contribution in [1.82, 2.24) is 0 Å². The second-order valence-electron chi connectivity index (χ2n) is 4.61. The summed E-state index contributed by atoms with van der Waals surface area (Å²) in [5.41, 5.74) is 9.50. The molecule has 4 nitrogen and oxygen atoms in total. The monoisotopic (exact) mass is 286 g/mol. The maximum atomic E-state index is 5.77. The van der Waals surface area contributed by atoms with Gasteiger partial charge in [0.05, 0.1) is 0 Å². The molecule has 0 fully saturated rings. The third-order valence-electron chi connectivity index (χ3n) is 3.09. The van der Waals surface area contributed by atoms with Gasteiger partial charge in [-0.2, -0.15) is 0 Å². The Balaban J connectivity index is 1.93. The summed E-state index contributed by atoms with van der Waals surface area (Å²) >= 11 is 5.10. The summed E-state index contributed by atoms with van der Waals surface area (Å²) in [4.78, 5) is 0.372. The van der Waals surface area contributed by atoms with Crippen LogP contribution in [-0.4, -0.2) is 11.8 Å². The fourth-order valence-corrected chi connectivity index (χ4v) is 2.27. The second kappa shape index (κ2) is 5.02. The molecule has 0 atom stereocenters. The van der Waals surface area contributed by atoms with E-state index >= 15 is 0 Å². The van der Waals surface area contributed by atoms with E-state index in [0.29, 0.717) is 4.99 Å². The van der Waals surface area contributed by atoms with Gasteiger partial charge in [-0.1, -0.05) is 23.8 Å². The molecule has 1 aliphatic rings. The molecule has 0 aromatic heterocycles. The SMILES string of the molecule is Cc1ccc(Nc2ccc3c(c2)OCO3)c(C(N)=S)c1. The number of hydrogen-bond donors (Lipinski definition) is 2. The van der Waals surface area contributed by atoms with Crippen molar-refractivity contribution in [3.8, 4) is 11.5 Å². The molecule has 0 aliphatic carbocycles. The molecule has 5 heteroatoms. The Morgan fingerprint density at radius 1 is 1.15 bits per heavy atom. The smallest absolute Gasteiger partial charge is 0.231 e. The fourth-order valence-electron chi connectivity index (χ4n) is 2.10. The van der Waals surface area contributed by atoms with Gasteiger partial charge in [-0.05, 0) is 31.2 Å². The molecule has 2 aromatic carbocycles. The van der Waals surface area contributed by atoms with Crippen LogP contribution in [-0.2, 0) is 0 Å². The Morgan fingerprint density at radius 2 is 1.95 bits per heavy atom. The lowest BCUT2D eigenvalue weighted by Crippen LogP contribution is -2.12. The highest BCUT2D eigenvalue weighted by Gasteiger charge is 2.14. The average Bonchev–Trinajstić information content (AvgIpc) is 2.88. The molecule has 0 radical (unpaired) electrons. The zero-order valence-corrected chi connectivity index (χ0v) is 11.8. The number of hydrogen-bond acceptors (Lipinski definition) is 4. The van der Waals surface area contributed by atoms with Crippen molar-refractivity contribution in [2.45, 2.75) is 6.92 Å². The van der Waals surface area contributed by atoms with E-state index in [-0.39, 0.29) is 6.79 Å². The van der Waals surface area contributed by atoms with Gasteiger partial charge >= 0.3 is 0 Å². The van der Waals surface area contributed by atoms with Crippen molar-refractivity contribution < 1.29 is 9.47 Å². The first-order valence-corrected chi connectivity index (χ1v) is 6.61.